The lowest BCUT2D eigenvalue weighted by molar-refractivity contribution is -0.133. The molecule has 5 aliphatic carbocycles. The van der Waals surface area contributed by atoms with E-state index in [0.29, 0.717) is 23.0 Å². The maximum absolute atomic E-state index is 13.4. The van der Waals surface area contributed by atoms with Gasteiger partial charge in [-0.3, -0.25) is 4.79 Å². The van der Waals surface area contributed by atoms with Crippen molar-refractivity contribution in [2.45, 2.75) is 79.1 Å². The third-order valence-electron chi connectivity index (χ3n) is 10.6. The standard InChI is InChI=1S/C27H36O/c1-17-11-12-19-16-27(17,24(19,2)3)21-10-8-7-9-18(21)15-20-22-13-14-26(6,23(20)28)25(22,4)5/h7-10,15,17,19,22H,11-14,16H2,1-6H3. The number of fused-ring (bicyclic) bond motifs is 4. The number of carbonyl (C=O) groups excluding carboxylic acids is 1. The van der Waals surface area contributed by atoms with Crippen molar-refractivity contribution in [2.24, 2.45) is 34.0 Å². The van der Waals surface area contributed by atoms with E-state index in [-0.39, 0.29) is 16.2 Å². The second-order valence-corrected chi connectivity index (χ2v) is 11.7. The van der Waals surface area contributed by atoms with E-state index in [9.17, 15) is 4.79 Å². The van der Waals surface area contributed by atoms with E-state index >= 15 is 0 Å². The molecular weight excluding hydrogens is 340 g/mol. The van der Waals surface area contributed by atoms with Crippen molar-refractivity contribution < 1.29 is 4.79 Å². The van der Waals surface area contributed by atoms with Gasteiger partial charge in [0.25, 0.3) is 0 Å². The maximum atomic E-state index is 13.4. The molecular formula is C27H36O. The Morgan fingerprint density at radius 2 is 1.68 bits per heavy atom. The van der Waals surface area contributed by atoms with Gasteiger partial charge in [-0.25, -0.2) is 0 Å². The van der Waals surface area contributed by atoms with Crippen LogP contribution in [0.3, 0.4) is 0 Å². The van der Waals surface area contributed by atoms with E-state index in [2.05, 4.69) is 71.9 Å². The van der Waals surface area contributed by atoms with Gasteiger partial charge in [-0.2, -0.15) is 0 Å². The fourth-order valence-corrected chi connectivity index (χ4v) is 8.15. The van der Waals surface area contributed by atoms with Gasteiger partial charge in [0.05, 0.1) is 0 Å². The largest absolute Gasteiger partial charge is 0.294 e. The summed E-state index contributed by atoms with van der Waals surface area (Å²) >= 11 is 0. The van der Waals surface area contributed by atoms with Crippen LogP contribution in [0.4, 0.5) is 0 Å². The number of carbonyl (C=O) groups is 1. The Hall–Kier alpha value is -1.37. The zero-order valence-electron chi connectivity index (χ0n) is 18.6. The van der Waals surface area contributed by atoms with Crippen molar-refractivity contribution in [3.8, 4) is 0 Å². The zero-order chi connectivity index (χ0) is 20.1. The summed E-state index contributed by atoms with van der Waals surface area (Å²) in [6.45, 7) is 14.3. The van der Waals surface area contributed by atoms with Gasteiger partial charge in [0, 0.05) is 10.8 Å². The molecule has 4 bridgehead atoms. The summed E-state index contributed by atoms with van der Waals surface area (Å²) in [5.41, 5.74) is 4.47. The molecule has 0 radical (unpaired) electrons. The van der Waals surface area contributed by atoms with Crippen molar-refractivity contribution in [1.82, 2.24) is 0 Å². The second kappa shape index (κ2) is 5.41. The molecule has 1 heteroatoms. The predicted octanol–water partition coefficient (Wildman–Crippen LogP) is 6.81. The van der Waals surface area contributed by atoms with Crippen LogP contribution >= 0.6 is 0 Å². The Morgan fingerprint density at radius 3 is 2.29 bits per heavy atom. The van der Waals surface area contributed by atoms with Crippen LogP contribution in [0.5, 0.6) is 0 Å². The van der Waals surface area contributed by atoms with Crippen molar-refractivity contribution in [1.29, 1.82) is 0 Å². The van der Waals surface area contributed by atoms with Crippen LogP contribution in [-0.4, -0.2) is 5.78 Å². The lowest BCUT2D eigenvalue weighted by Gasteiger charge is -2.69. The first-order valence-electron chi connectivity index (χ1n) is 11.4. The number of benzene rings is 1. The molecule has 0 aliphatic heterocycles. The van der Waals surface area contributed by atoms with Crippen LogP contribution in [0.1, 0.15) is 84.8 Å². The van der Waals surface area contributed by atoms with Crippen molar-refractivity contribution in [3.05, 3.63) is 41.0 Å². The summed E-state index contributed by atoms with van der Waals surface area (Å²) < 4.78 is 0. The molecule has 6 rings (SSSR count). The van der Waals surface area contributed by atoms with E-state index in [1.54, 1.807) is 0 Å². The van der Waals surface area contributed by atoms with Gasteiger partial charge in [0.1, 0.15) is 0 Å². The Labute approximate surface area is 171 Å². The van der Waals surface area contributed by atoms with Crippen LogP contribution in [0, 0.1) is 34.0 Å². The molecule has 0 saturated heterocycles. The predicted molar refractivity (Wildman–Crippen MR) is 116 cm³/mol. The van der Waals surface area contributed by atoms with Gasteiger partial charge in [0.15, 0.2) is 5.78 Å². The highest BCUT2D eigenvalue weighted by Crippen LogP contribution is 2.71. The molecule has 0 N–H and O–H groups in total. The normalized spacial score (nSPS) is 44.0. The van der Waals surface area contributed by atoms with Crippen LogP contribution in [-0.2, 0) is 10.2 Å². The van der Waals surface area contributed by atoms with Crippen LogP contribution in [0.15, 0.2) is 29.8 Å². The average molecular weight is 377 g/mol. The number of hydrogen-bond acceptors (Lipinski definition) is 1. The lowest BCUT2D eigenvalue weighted by atomic mass is 9.35. The number of ketones is 1. The number of rotatable bonds is 2. The highest BCUT2D eigenvalue weighted by molar-refractivity contribution is 6.08. The smallest absolute Gasteiger partial charge is 0.165 e. The second-order valence-electron chi connectivity index (χ2n) is 11.7. The third-order valence-corrected chi connectivity index (χ3v) is 10.6. The molecule has 1 aromatic rings. The van der Waals surface area contributed by atoms with Gasteiger partial charge in [-0.05, 0) is 83.5 Å². The van der Waals surface area contributed by atoms with Crippen molar-refractivity contribution >= 4 is 11.9 Å². The summed E-state index contributed by atoms with van der Waals surface area (Å²) in [4.78, 5) is 13.4. The van der Waals surface area contributed by atoms with Gasteiger partial charge in [-0.15, -0.1) is 0 Å². The molecule has 5 atom stereocenters. The van der Waals surface area contributed by atoms with Crippen molar-refractivity contribution in [2.75, 3.05) is 0 Å². The quantitative estimate of drug-likeness (QED) is 0.518. The average Bonchev–Trinajstić information content (AvgIpc) is 2.96. The molecule has 5 saturated carbocycles. The molecule has 0 spiro atoms. The van der Waals surface area contributed by atoms with Gasteiger partial charge in [0.2, 0.25) is 0 Å². The molecule has 0 aromatic heterocycles. The molecule has 150 valence electrons. The summed E-state index contributed by atoms with van der Waals surface area (Å²) in [5, 5.41) is 0. The zero-order valence-corrected chi connectivity index (χ0v) is 18.6. The molecule has 0 amide bonds. The van der Waals surface area contributed by atoms with Gasteiger partial charge >= 0.3 is 0 Å². The molecule has 5 fully saturated rings. The Bertz CT molecular complexity index is 887. The first-order chi connectivity index (χ1) is 13.1. The van der Waals surface area contributed by atoms with Crippen LogP contribution in [0.2, 0.25) is 0 Å². The summed E-state index contributed by atoms with van der Waals surface area (Å²) in [7, 11) is 0. The molecule has 1 nitrogen and oxygen atoms in total. The Morgan fingerprint density at radius 1 is 0.964 bits per heavy atom. The minimum atomic E-state index is -0.171. The highest BCUT2D eigenvalue weighted by Gasteiger charge is 2.66. The van der Waals surface area contributed by atoms with E-state index in [1.807, 2.05) is 0 Å². The SMILES string of the molecule is CC1CCC2CC1(c1ccccc1C=C1C(=O)C3(C)CCC1C3(C)C)C2(C)C. The third kappa shape index (κ3) is 1.88. The summed E-state index contributed by atoms with van der Waals surface area (Å²) in [6, 6.07) is 9.02. The summed E-state index contributed by atoms with van der Waals surface area (Å²) in [5.74, 6) is 2.40. The first kappa shape index (κ1) is 18.6. The lowest BCUT2D eigenvalue weighted by Crippen LogP contribution is -2.64. The van der Waals surface area contributed by atoms with Gasteiger partial charge < -0.3 is 0 Å². The van der Waals surface area contributed by atoms with Crippen LogP contribution < -0.4 is 0 Å². The Kier molecular flexibility index (Phi) is 3.60. The number of Topliss-reactive ketones (excluding diaryl/α,β-unsaturated/α-hetero) is 1. The molecule has 0 heterocycles. The maximum Gasteiger partial charge on any atom is 0.165 e. The fraction of sp³-hybridized carbons (Fsp3) is 0.667. The van der Waals surface area contributed by atoms with E-state index in [0.717, 1.165) is 17.9 Å². The number of hydrogen-bond donors (Lipinski definition) is 0. The van der Waals surface area contributed by atoms with Gasteiger partial charge in [-0.1, -0.05) is 65.8 Å². The minimum absolute atomic E-state index is 0.0854. The summed E-state index contributed by atoms with van der Waals surface area (Å²) in [6.07, 6.45) is 8.57. The minimum Gasteiger partial charge on any atom is -0.294 e. The molecule has 1 aromatic carbocycles. The van der Waals surface area contributed by atoms with E-state index in [4.69, 9.17) is 0 Å². The highest BCUT2D eigenvalue weighted by atomic mass is 16.1. The monoisotopic (exact) mass is 376 g/mol. The molecule has 5 aliphatic rings. The van der Waals surface area contributed by atoms with Crippen LogP contribution in [0.25, 0.3) is 6.08 Å². The van der Waals surface area contributed by atoms with E-state index in [1.165, 1.54) is 36.8 Å². The Balaban J connectivity index is 1.64. The fourth-order valence-electron chi connectivity index (χ4n) is 8.15. The first-order valence-corrected chi connectivity index (χ1v) is 11.4. The molecule has 28 heavy (non-hydrogen) atoms. The van der Waals surface area contributed by atoms with E-state index < -0.39 is 0 Å². The topological polar surface area (TPSA) is 17.1 Å². The van der Waals surface area contributed by atoms with Crippen molar-refractivity contribution in [3.63, 3.8) is 0 Å². The molecule has 5 unspecified atom stereocenters. The number of allylic oxidation sites excluding steroid dienone is 1.